The van der Waals surface area contributed by atoms with Gasteiger partial charge in [0.25, 0.3) is 5.22 Å². The van der Waals surface area contributed by atoms with Gasteiger partial charge in [-0.3, -0.25) is 4.79 Å². The summed E-state index contributed by atoms with van der Waals surface area (Å²) in [5, 5.41) is 6.52. The molecule has 0 fully saturated rings. The molecule has 0 saturated heterocycles. The zero-order chi connectivity index (χ0) is 17.1. The van der Waals surface area contributed by atoms with Crippen LogP contribution in [0.3, 0.4) is 0 Å². The Kier molecular flexibility index (Phi) is 4.71. The summed E-state index contributed by atoms with van der Waals surface area (Å²) in [5.74, 6) is 1.55. The van der Waals surface area contributed by atoms with Gasteiger partial charge < -0.3 is 14.3 Å². The number of hydrogen-bond acceptors (Lipinski definition) is 6. The molecule has 3 aromatic rings. The minimum absolute atomic E-state index is 0.215. The summed E-state index contributed by atoms with van der Waals surface area (Å²) in [6.45, 7) is 5.49. The van der Waals surface area contributed by atoms with Gasteiger partial charge in [0.1, 0.15) is 16.8 Å². The number of nitrogens with zero attached hydrogens (tertiary/aromatic N) is 2. The summed E-state index contributed by atoms with van der Waals surface area (Å²) in [4.78, 5) is 17.1. The van der Waals surface area contributed by atoms with E-state index < -0.39 is 5.25 Å². The first-order valence-electron chi connectivity index (χ1n) is 7.43. The van der Waals surface area contributed by atoms with Gasteiger partial charge in [-0.2, -0.15) is 0 Å². The number of amides is 1. The molecule has 0 aliphatic heterocycles. The molecule has 1 aromatic carbocycles. The lowest BCUT2D eigenvalue weighted by Crippen LogP contribution is -2.19. The topological polar surface area (TPSA) is 81.2 Å². The van der Waals surface area contributed by atoms with Crippen molar-refractivity contribution in [2.75, 3.05) is 5.32 Å². The number of thioether (sulfide) groups is 1. The number of benzene rings is 1. The zero-order valence-electron chi connectivity index (χ0n) is 13.6. The number of carbonyl (C=O) groups is 1. The van der Waals surface area contributed by atoms with E-state index in [0.29, 0.717) is 16.8 Å². The molecule has 7 heteroatoms. The van der Waals surface area contributed by atoms with E-state index in [1.165, 1.54) is 11.8 Å². The number of hydrogen-bond donors (Lipinski definition) is 1. The highest BCUT2D eigenvalue weighted by atomic mass is 32.2. The van der Waals surface area contributed by atoms with Crippen molar-refractivity contribution in [1.82, 2.24) is 10.1 Å². The van der Waals surface area contributed by atoms with Crippen LogP contribution in [0, 0.1) is 20.8 Å². The number of rotatable bonds is 5. The molecular formula is C17H17N3O3S. The molecule has 0 spiro atoms. The number of anilines is 1. The summed E-state index contributed by atoms with van der Waals surface area (Å²) < 4.78 is 10.6. The van der Waals surface area contributed by atoms with Gasteiger partial charge in [0.15, 0.2) is 5.82 Å². The summed E-state index contributed by atoms with van der Waals surface area (Å²) in [7, 11) is 0. The maximum absolute atomic E-state index is 12.7. The minimum atomic E-state index is -0.513. The van der Waals surface area contributed by atoms with Crippen LogP contribution < -0.4 is 5.32 Å². The Balaban J connectivity index is 1.85. The van der Waals surface area contributed by atoms with Crippen LogP contribution in [0.15, 0.2) is 50.6 Å². The van der Waals surface area contributed by atoms with Gasteiger partial charge in [-0.1, -0.05) is 35.5 Å². The van der Waals surface area contributed by atoms with Crippen LogP contribution in [0.1, 0.15) is 28.0 Å². The molecular weight excluding hydrogens is 326 g/mol. The molecule has 0 bridgehead atoms. The van der Waals surface area contributed by atoms with Crippen LogP contribution in [-0.4, -0.2) is 16.0 Å². The van der Waals surface area contributed by atoms with Gasteiger partial charge >= 0.3 is 0 Å². The fourth-order valence-electron chi connectivity index (χ4n) is 2.11. The Bertz CT molecular complexity index is 822. The molecule has 6 nitrogen and oxygen atoms in total. The van der Waals surface area contributed by atoms with Crippen molar-refractivity contribution < 1.29 is 13.7 Å². The molecule has 3 rings (SSSR count). The lowest BCUT2D eigenvalue weighted by molar-refractivity contribution is -0.115. The fourth-order valence-corrected chi connectivity index (χ4v) is 3.14. The van der Waals surface area contributed by atoms with Crippen LogP contribution in [-0.2, 0) is 4.79 Å². The SMILES string of the molecule is Cc1cc(NC(=O)[C@H](Sc2nc(C)c(C)o2)c2ccccc2)no1. The van der Waals surface area contributed by atoms with Crippen LogP contribution >= 0.6 is 11.8 Å². The zero-order valence-corrected chi connectivity index (χ0v) is 14.4. The van der Waals surface area contributed by atoms with Gasteiger partial charge in [-0.25, -0.2) is 4.98 Å². The average molecular weight is 343 g/mol. The molecule has 0 unspecified atom stereocenters. The van der Waals surface area contributed by atoms with Gasteiger partial charge in [-0.05, 0) is 38.1 Å². The van der Waals surface area contributed by atoms with Crippen LogP contribution in [0.25, 0.3) is 0 Å². The monoisotopic (exact) mass is 343 g/mol. The van der Waals surface area contributed by atoms with Crippen molar-refractivity contribution in [1.29, 1.82) is 0 Å². The van der Waals surface area contributed by atoms with Crippen molar-refractivity contribution in [3.63, 3.8) is 0 Å². The van der Waals surface area contributed by atoms with E-state index in [2.05, 4.69) is 15.5 Å². The third kappa shape index (κ3) is 3.68. The van der Waals surface area contributed by atoms with E-state index in [4.69, 9.17) is 8.94 Å². The first-order valence-corrected chi connectivity index (χ1v) is 8.30. The summed E-state index contributed by atoms with van der Waals surface area (Å²) >= 11 is 1.26. The second-order valence-electron chi connectivity index (χ2n) is 5.34. The number of carbonyl (C=O) groups excluding carboxylic acids is 1. The highest BCUT2D eigenvalue weighted by Crippen LogP contribution is 2.36. The molecule has 2 aromatic heterocycles. The predicted octanol–water partition coefficient (Wildman–Crippen LogP) is 4.06. The number of nitrogens with one attached hydrogen (secondary N) is 1. The van der Waals surface area contributed by atoms with Crippen molar-refractivity contribution in [3.8, 4) is 0 Å². The van der Waals surface area contributed by atoms with Gasteiger partial charge in [0, 0.05) is 6.07 Å². The summed E-state index contributed by atoms with van der Waals surface area (Å²) in [5.41, 5.74) is 1.67. The molecule has 2 heterocycles. The Labute approximate surface area is 143 Å². The summed E-state index contributed by atoms with van der Waals surface area (Å²) in [6, 6.07) is 11.2. The maximum atomic E-state index is 12.7. The lowest BCUT2D eigenvalue weighted by Gasteiger charge is -2.14. The molecule has 1 atom stereocenters. The lowest BCUT2D eigenvalue weighted by atomic mass is 10.1. The normalized spacial score (nSPS) is 12.1. The van der Waals surface area contributed by atoms with Crippen LogP contribution in [0.2, 0.25) is 0 Å². The van der Waals surface area contributed by atoms with E-state index in [1.807, 2.05) is 44.2 Å². The first-order chi connectivity index (χ1) is 11.5. The van der Waals surface area contributed by atoms with Gasteiger partial charge in [-0.15, -0.1) is 0 Å². The van der Waals surface area contributed by atoms with E-state index in [9.17, 15) is 4.79 Å². The molecule has 0 saturated carbocycles. The Morgan fingerprint density at radius 2 is 1.96 bits per heavy atom. The van der Waals surface area contributed by atoms with Gasteiger partial charge in [0.05, 0.1) is 5.69 Å². The summed E-state index contributed by atoms with van der Waals surface area (Å²) in [6.07, 6.45) is 0. The number of aromatic nitrogens is 2. The third-order valence-electron chi connectivity index (χ3n) is 3.45. The van der Waals surface area contributed by atoms with E-state index in [-0.39, 0.29) is 5.91 Å². The Morgan fingerprint density at radius 1 is 1.21 bits per heavy atom. The molecule has 1 amide bonds. The third-order valence-corrected chi connectivity index (χ3v) is 4.55. The van der Waals surface area contributed by atoms with E-state index >= 15 is 0 Å². The molecule has 0 radical (unpaired) electrons. The number of aryl methyl sites for hydroxylation is 3. The van der Waals surface area contributed by atoms with Crippen molar-refractivity contribution >= 4 is 23.5 Å². The average Bonchev–Trinajstić information content (AvgIpc) is 3.11. The smallest absolute Gasteiger partial charge is 0.257 e. The minimum Gasteiger partial charge on any atom is -0.437 e. The highest BCUT2D eigenvalue weighted by Gasteiger charge is 2.25. The standard InChI is InChI=1S/C17H17N3O3S/c1-10-9-14(20-23-10)19-16(21)15(13-7-5-4-6-8-13)24-17-18-11(2)12(3)22-17/h4-9,15H,1-3H3,(H,19,20,21)/t15-/m1/s1. The van der Waals surface area contributed by atoms with Crippen molar-refractivity contribution in [2.45, 2.75) is 31.2 Å². The predicted molar refractivity (Wildman–Crippen MR) is 90.9 cm³/mol. The van der Waals surface area contributed by atoms with Crippen molar-refractivity contribution in [2.24, 2.45) is 0 Å². The largest absolute Gasteiger partial charge is 0.437 e. The second-order valence-corrected chi connectivity index (χ2v) is 6.40. The highest BCUT2D eigenvalue weighted by molar-refractivity contribution is 8.00. The number of oxazole rings is 1. The van der Waals surface area contributed by atoms with Crippen molar-refractivity contribution in [3.05, 3.63) is 59.2 Å². The van der Waals surface area contributed by atoms with E-state index in [1.54, 1.807) is 13.0 Å². The van der Waals surface area contributed by atoms with Crippen LogP contribution in [0.4, 0.5) is 5.82 Å². The fraction of sp³-hybridized carbons (Fsp3) is 0.235. The molecule has 24 heavy (non-hydrogen) atoms. The molecule has 0 aliphatic carbocycles. The van der Waals surface area contributed by atoms with Gasteiger partial charge in [0.2, 0.25) is 5.91 Å². The molecule has 124 valence electrons. The first kappa shape index (κ1) is 16.3. The van der Waals surface area contributed by atoms with E-state index in [0.717, 1.165) is 17.0 Å². The maximum Gasteiger partial charge on any atom is 0.257 e. The Hall–Kier alpha value is -2.54. The molecule has 0 aliphatic rings. The quantitative estimate of drug-likeness (QED) is 0.704. The Morgan fingerprint density at radius 3 is 2.54 bits per heavy atom. The molecule has 1 N–H and O–H groups in total. The van der Waals surface area contributed by atoms with Crippen LogP contribution in [0.5, 0.6) is 0 Å². The second kappa shape index (κ2) is 6.92.